The van der Waals surface area contributed by atoms with Gasteiger partial charge in [0, 0.05) is 38.6 Å². The van der Waals surface area contributed by atoms with Gasteiger partial charge in [0.25, 0.3) is 0 Å². The van der Waals surface area contributed by atoms with Crippen molar-refractivity contribution in [3.63, 3.8) is 0 Å². The van der Waals surface area contributed by atoms with Crippen molar-refractivity contribution < 1.29 is 38.1 Å². The summed E-state index contributed by atoms with van der Waals surface area (Å²) < 4.78 is 23.1. The van der Waals surface area contributed by atoms with Gasteiger partial charge >= 0.3 is 6.09 Å². The van der Waals surface area contributed by atoms with E-state index in [2.05, 4.69) is 10.6 Å². The maximum Gasteiger partial charge on any atom is 0.408 e. The zero-order valence-corrected chi connectivity index (χ0v) is 26.7. The van der Waals surface area contributed by atoms with Crippen LogP contribution in [0.2, 0.25) is 0 Å². The van der Waals surface area contributed by atoms with Crippen molar-refractivity contribution in [2.75, 3.05) is 65.8 Å². The highest BCUT2D eigenvalue weighted by atomic mass is 16.6. The number of Topliss-reactive ketones (excluding diaryl/α,β-unsaturated/α-hetero) is 2. The van der Waals surface area contributed by atoms with E-state index >= 15 is 0 Å². The van der Waals surface area contributed by atoms with Crippen LogP contribution in [0.5, 0.6) is 0 Å². The molecule has 13 nitrogen and oxygen atoms in total. The summed E-state index contributed by atoms with van der Waals surface area (Å²) in [5.41, 5.74) is 16.1. The first-order valence-electron chi connectivity index (χ1n) is 16.0. The summed E-state index contributed by atoms with van der Waals surface area (Å²) in [4.78, 5) is 49.6. The van der Waals surface area contributed by atoms with E-state index in [1.165, 1.54) is 0 Å². The lowest BCUT2D eigenvalue weighted by Crippen LogP contribution is -2.58. The minimum absolute atomic E-state index is 0.0445. The van der Waals surface area contributed by atoms with Crippen LogP contribution in [0.4, 0.5) is 4.79 Å². The standard InChI is InChI=1S/C32H55N5O8/c33-16-6-4-11-28(38)13-20-42-24-32(25-43-21-14-29(39)12-5-7-17-34,26-44-22-15-30(40)36-19-8-18-35)37-31(41)45-23-27-9-2-1-3-10-27/h1-3,9-10H,4-8,11-26,33-35H2,(H,36,40)(H,37,41). The van der Waals surface area contributed by atoms with Gasteiger partial charge in [-0.3, -0.25) is 14.4 Å². The highest BCUT2D eigenvalue weighted by Gasteiger charge is 2.35. The van der Waals surface area contributed by atoms with Crippen molar-refractivity contribution in [3.05, 3.63) is 35.9 Å². The van der Waals surface area contributed by atoms with Crippen LogP contribution in [0, 0.1) is 0 Å². The molecule has 0 saturated heterocycles. The molecule has 0 radical (unpaired) electrons. The Balaban J connectivity index is 2.90. The van der Waals surface area contributed by atoms with Gasteiger partial charge in [-0.25, -0.2) is 4.79 Å². The van der Waals surface area contributed by atoms with Crippen LogP contribution in [-0.4, -0.2) is 94.9 Å². The topological polar surface area (TPSA) is 207 Å². The number of nitrogens with one attached hydrogen (secondary N) is 2. The maximum absolute atomic E-state index is 13.0. The number of nitrogens with two attached hydrogens (primary N) is 3. The number of carbonyl (C=O) groups is 4. The van der Waals surface area contributed by atoms with E-state index in [1.807, 2.05) is 30.3 Å². The second-order valence-electron chi connectivity index (χ2n) is 10.9. The Morgan fingerprint density at radius 3 is 1.67 bits per heavy atom. The zero-order valence-electron chi connectivity index (χ0n) is 26.7. The van der Waals surface area contributed by atoms with E-state index in [-0.39, 0.29) is 83.0 Å². The first kappa shape index (κ1) is 40.1. The van der Waals surface area contributed by atoms with Crippen molar-refractivity contribution >= 4 is 23.6 Å². The molecule has 45 heavy (non-hydrogen) atoms. The SMILES string of the molecule is NCCCCC(=O)CCOCC(COCCC(=O)CCCCN)(COCCC(=O)NCCCN)NC(=O)OCc1ccccc1. The van der Waals surface area contributed by atoms with Crippen LogP contribution in [-0.2, 0) is 39.9 Å². The molecule has 0 heterocycles. The Bertz CT molecular complexity index is 877. The molecule has 0 saturated carbocycles. The first-order chi connectivity index (χ1) is 21.8. The lowest BCUT2D eigenvalue weighted by atomic mass is 10.0. The molecule has 0 aliphatic heterocycles. The van der Waals surface area contributed by atoms with Crippen molar-refractivity contribution in [3.8, 4) is 0 Å². The van der Waals surface area contributed by atoms with Crippen LogP contribution in [0.15, 0.2) is 30.3 Å². The molecule has 8 N–H and O–H groups in total. The Morgan fingerprint density at radius 1 is 0.644 bits per heavy atom. The number of unbranched alkanes of at least 4 members (excludes halogenated alkanes) is 2. The zero-order chi connectivity index (χ0) is 33.0. The second kappa shape index (κ2) is 26.3. The van der Waals surface area contributed by atoms with Crippen LogP contribution < -0.4 is 27.8 Å². The Hall–Kier alpha value is -2.94. The Morgan fingerprint density at radius 2 is 1.16 bits per heavy atom. The van der Waals surface area contributed by atoms with Gasteiger partial charge in [0.05, 0.1) is 39.6 Å². The molecule has 256 valence electrons. The summed E-state index contributed by atoms with van der Waals surface area (Å²) in [5, 5.41) is 5.61. The van der Waals surface area contributed by atoms with Crippen LogP contribution in [0.1, 0.15) is 69.8 Å². The molecule has 0 aromatic heterocycles. The van der Waals surface area contributed by atoms with Gasteiger partial charge in [0.2, 0.25) is 5.91 Å². The van der Waals surface area contributed by atoms with Gasteiger partial charge in [-0.1, -0.05) is 30.3 Å². The van der Waals surface area contributed by atoms with Gasteiger partial charge in [-0.2, -0.15) is 0 Å². The number of alkyl carbamates (subject to hydrolysis) is 1. The number of hydrogen-bond donors (Lipinski definition) is 5. The lowest BCUT2D eigenvalue weighted by Gasteiger charge is -2.33. The third kappa shape index (κ3) is 21.4. The van der Waals surface area contributed by atoms with Crippen LogP contribution in [0.25, 0.3) is 0 Å². The van der Waals surface area contributed by atoms with Gasteiger partial charge < -0.3 is 46.8 Å². The van der Waals surface area contributed by atoms with Gasteiger partial charge in [-0.05, 0) is 57.3 Å². The van der Waals surface area contributed by atoms with E-state index in [0.29, 0.717) is 45.4 Å². The van der Waals surface area contributed by atoms with Crippen molar-refractivity contribution in [2.45, 2.75) is 76.4 Å². The predicted octanol–water partition coefficient (Wildman–Crippen LogP) is 1.73. The Labute approximate surface area is 267 Å². The fourth-order valence-corrected chi connectivity index (χ4v) is 4.15. The maximum atomic E-state index is 13.0. The number of rotatable bonds is 29. The number of carbonyl (C=O) groups excluding carboxylic acids is 4. The molecule has 0 bridgehead atoms. The summed E-state index contributed by atoms with van der Waals surface area (Å²) in [6.45, 7) is 2.22. The van der Waals surface area contributed by atoms with Gasteiger partial charge in [0.15, 0.2) is 0 Å². The smallest absolute Gasteiger partial charge is 0.408 e. The molecule has 1 aromatic rings. The summed E-state index contributed by atoms with van der Waals surface area (Å²) in [6, 6.07) is 9.23. The molecule has 2 amide bonds. The van der Waals surface area contributed by atoms with E-state index in [4.69, 9.17) is 36.1 Å². The Kier molecular flexibility index (Phi) is 23.4. The molecule has 0 unspecified atom stereocenters. The first-order valence-corrected chi connectivity index (χ1v) is 16.0. The number of hydrogen-bond acceptors (Lipinski definition) is 11. The van der Waals surface area contributed by atoms with Gasteiger partial charge in [0.1, 0.15) is 23.7 Å². The molecule has 0 aliphatic rings. The summed E-state index contributed by atoms with van der Waals surface area (Å²) in [6.07, 6.45) is 4.33. The van der Waals surface area contributed by atoms with E-state index in [0.717, 1.165) is 31.2 Å². The number of ketones is 2. The van der Waals surface area contributed by atoms with Crippen molar-refractivity contribution in [1.82, 2.24) is 10.6 Å². The molecule has 0 spiro atoms. The molecule has 1 aromatic carbocycles. The number of benzene rings is 1. The molecular weight excluding hydrogens is 582 g/mol. The summed E-state index contributed by atoms with van der Waals surface area (Å²) in [7, 11) is 0. The van der Waals surface area contributed by atoms with E-state index in [9.17, 15) is 19.2 Å². The third-order valence-corrected chi connectivity index (χ3v) is 6.76. The monoisotopic (exact) mass is 637 g/mol. The highest BCUT2D eigenvalue weighted by Crippen LogP contribution is 2.13. The molecule has 1 rings (SSSR count). The molecular formula is C32H55N5O8. The molecule has 13 heteroatoms. The number of amides is 2. The lowest BCUT2D eigenvalue weighted by molar-refractivity contribution is -0.122. The van der Waals surface area contributed by atoms with Crippen molar-refractivity contribution in [1.29, 1.82) is 0 Å². The highest BCUT2D eigenvalue weighted by molar-refractivity contribution is 5.78. The van der Waals surface area contributed by atoms with E-state index < -0.39 is 11.6 Å². The van der Waals surface area contributed by atoms with E-state index in [1.54, 1.807) is 0 Å². The summed E-state index contributed by atoms with van der Waals surface area (Å²) in [5.74, 6) is -0.0609. The van der Waals surface area contributed by atoms with Crippen LogP contribution >= 0.6 is 0 Å². The average Bonchev–Trinajstić information content (AvgIpc) is 3.03. The van der Waals surface area contributed by atoms with Crippen LogP contribution in [0.3, 0.4) is 0 Å². The average molecular weight is 638 g/mol. The molecule has 0 atom stereocenters. The minimum Gasteiger partial charge on any atom is -0.445 e. The van der Waals surface area contributed by atoms with Crippen molar-refractivity contribution in [2.24, 2.45) is 17.2 Å². The second-order valence-corrected chi connectivity index (χ2v) is 10.9. The normalized spacial score (nSPS) is 11.3. The largest absolute Gasteiger partial charge is 0.445 e. The molecule has 0 aliphatic carbocycles. The quantitative estimate of drug-likeness (QED) is 0.0799. The number of ether oxygens (including phenoxy) is 4. The predicted molar refractivity (Wildman–Crippen MR) is 171 cm³/mol. The minimum atomic E-state index is -1.23. The third-order valence-electron chi connectivity index (χ3n) is 6.76. The molecule has 0 fully saturated rings. The fraction of sp³-hybridized carbons (Fsp3) is 0.688. The summed E-state index contributed by atoms with van der Waals surface area (Å²) >= 11 is 0. The fourth-order valence-electron chi connectivity index (χ4n) is 4.15. The van der Waals surface area contributed by atoms with Gasteiger partial charge in [-0.15, -0.1) is 0 Å².